The van der Waals surface area contributed by atoms with E-state index in [0.717, 1.165) is 0 Å². The van der Waals surface area contributed by atoms with Gasteiger partial charge in [-0.1, -0.05) is 11.6 Å². The lowest BCUT2D eigenvalue weighted by Gasteiger charge is -2.03. The average molecular weight is 295 g/mol. The van der Waals surface area contributed by atoms with Crippen LogP contribution in [0.25, 0.3) is 0 Å². The molecule has 0 saturated heterocycles. The van der Waals surface area contributed by atoms with Crippen molar-refractivity contribution < 1.29 is 17.9 Å². The normalized spacial score (nSPS) is 11.2. The second-order valence-corrected chi connectivity index (χ2v) is 7.34. The van der Waals surface area contributed by atoms with Crippen molar-refractivity contribution in [3.63, 3.8) is 0 Å². The monoisotopic (exact) mass is 294 g/mol. The van der Waals surface area contributed by atoms with Crippen LogP contribution in [0.1, 0.15) is 6.92 Å². The van der Waals surface area contributed by atoms with Crippen molar-refractivity contribution in [2.75, 3.05) is 12.4 Å². The minimum Gasteiger partial charge on any atom is -0.465 e. The second kappa shape index (κ2) is 6.28. The zero-order valence-electron chi connectivity index (χ0n) is 9.05. The first-order chi connectivity index (χ1) is 7.95. The minimum atomic E-state index is -3.53. The zero-order chi connectivity index (χ0) is 12.9. The van der Waals surface area contributed by atoms with Crippen LogP contribution >= 0.6 is 22.4 Å². The lowest BCUT2D eigenvalue weighted by Crippen LogP contribution is -2.09. The van der Waals surface area contributed by atoms with E-state index in [1.165, 1.54) is 24.3 Å². The van der Waals surface area contributed by atoms with E-state index in [1.807, 2.05) is 0 Å². The summed E-state index contributed by atoms with van der Waals surface area (Å²) in [6, 6.07) is 5.77. The van der Waals surface area contributed by atoms with Crippen LogP contribution < -0.4 is 0 Å². The molecular formula is C10H11ClO4S2. The number of hydrogen-bond acceptors (Lipinski definition) is 5. The minimum absolute atomic E-state index is 0.121. The Hall–Kier alpha value is -0.720. The van der Waals surface area contributed by atoms with Gasteiger partial charge in [0.05, 0.1) is 11.5 Å². The Labute approximate surface area is 109 Å². The van der Waals surface area contributed by atoms with E-state index < -0.39 is 14.8 Å². The SMILES string of the molecule is CCOC(=O)CSS(=O)(=O)c1ccc(Cl)cc1. The molecule has 0 aliphatic heterocycles. The summed E-state index contributed by atoms with van der Waals surface area (Å²) in [7, 11) is -2.99. The molecular weight excluding hydrogens is 284 g/mol. The standard InChI is InChI=1S/C10H11ClO4S2/c1-2-15-10(12)7-16-17(13,14)9-5-3-8(11)4-6-9/h3-6H,2,7H2,1H3. The summed E-state index contributed by atoms with van der Waals surface area (Å²) in [5.41, 5.74) is 0. The summed E-state index contributed by atoms with van der Waals surface area (Å²) >= 11 is 5.65. The zero-order valence-corrected chi connectivity index (χ0v) is 11.4. The maximum absolute atomic E-state index is 11.8. The molecule has 0 aromatic heterocycles. The van der Waals surface area contributed by atoms with E-state index in [1.54, 1.807) is 6.92 Å². The maximum atomic E-state index is 11.8. The third-order valence-electron chi connectivity index (χ3n) is 1.74. The maximum Gasteiger partial charge on any atom is 0.316 e. The quantitative estimate of drug-likeness (QED) is 0.616. The van der Waals surface area contributed by atoms with Crippen LogP contribution in [0.5, 0.6) is 0 Å². The summed E-state index contributed by atoms with van der Waals surface area (Å²) < 4.78 is 28.2. The number of hydrogen-bond donors (Lipinski definition) is 0. The van der Waals surface area contributed by atoms with Gasteiger partial charge < -0.3 is 4.74 Å². The van der Waals surface area contributed by atoms with Gasteiger partial charge in [-0.05, 0) is 42.0 Å². The van der Waals surface area contributed by atoms with Crippen molar-refractivity contribution in [1.82, 2.24) is 0 Å². The summed E-state index contributed by atoms with van der Waals surface area (Å²) in [4.78, 5) is 11.2. The van der Waals surface area contributed by atoms with Gasteiger partial charge in [-0.3, -0.25) is 4.79 Å². The first-order valence-electron chi connectivity index (χ1n) is 4.76. The molecule has 0 saturated carbocycles. The Morgan fingerprint density at radius 1 is 1.35 bits per heavy atom. The topological polar surface area (TPSA) is 60.4 Å². The molecule has 0 heterocycles. The molecule has 1 rings (SSSR count). The first kappa shape index (κ1) is 14.3. The molecule has 7 heteroatoms. The molecule has 0 atom stereocenters. The number of ether oxygens (including phenoxy) is 1. The molecule has 1 aromatic carbocycles. The highest BCUT2D eigenvalue weighted by molar-refractivity contribution is 8.72. The summed E-state index contributed by atoms with van der Waals surface area (Å²) in [6.45, 7) is 1.90. The molecule has 0 amide bonds. The van der Waals surface area contributed by atoms with Gasteiger partial charge in [-0.15, -0.1) is 0 Å². The highest BCUT2D eigenvalue weighted by Crippen LogP contribution is 2.24. The highest BCUT2D eigenvalue weighted by Gasteiger charge is 2.17. The largest absolute Gasteiger partial charge is 0.465 e. The molecule has 4 nitrogen and oxygen atoms in total. The number of benzene rings is 1. The summed E-state index contributed by atoms with van der Waals surface area (Å²) in [5, 5.41) is 0.458. The second-order valence-electron chi connectivity index (χ2n) is 2.98. The fourth-order valence-corrected chi connectivity index (χ4v) is 3.56. The van der Waals surface area contributed by atoms with E-state index in [9.17, 15) is 13.2 Å². The van der Waals surface area contributed by atoms with Gasteiger partial charge in [0.1, 0.15) is 5.75 Å². The van der Waals surface area contributed by atoms with Crippen LogP contribution in [0.2, 0.25) is 5.02 Å². The van der Waals surface area contributed by atoms with Gasteiger partial charge in [0.2, 0.25) is 8.87 Å². The number of carbonyl (C=O) groups is 1. The molecule has 0 radical (unpaired) electrons. The Kier molecular flexibility index (Phi) is 5.30. The molecule has 94 valence electrons. The number of rotatable bonds is 5. The fraction of sp³-hybridized carbons (Fsp3) is 0.300. The molecule has 1 aromatic rings. The summed E-state index contributed by atoms with van der Waals surface area (Å²) in [5.74, 6) is -0.770. The third-order valence-corrected chi connectivity index (χ3v) is 5.37. The molecule has 0 aliphatic carbocycles. The van der Waals surface area contributed by atoms with E-state index in [4.69, 9.17) is 11.6 Å². The third kappa shape index (κ3) is 4.57. The van der Waals surface area contributed by atoms with E-state index >= 15 is 0 Å². The molecule has 0 fully saturated rings. The van der Waals surface area contributed by atoms with Crippen LogP contribution in [-0.2, 0) is 18.4 Å². The van der Waals surface area contributed by atoms with Crippen LogP contribution in [-0.4, -0.2) is 26.7 Å². The van der Waals surface area contributed by atoms with Crippen molar-refractivity contribution >= 4 is 37.2 Å². The van der Waals surface area contributed by atoms with Crippen molar-refractivity contribution in [3.8, 4) is 0 Å². The fourth-order valence-electron chi connectivity index (χ4n) is 0.998. The molecule has 0 spiro atoms. The number of halogens is 1. The van der Waals surface area contributed by atoms with Crippen LogP contribution in [0, 0.1) is 0 Å². The smallest absolute Gasteiger partial charge is 0.316 e. The summed E-state index contributed by atoms with van der Waals surface area (Å²) in [6.07, 6.45) is 0. The molecule has 0 unspecified atom stereocenters. The molecule has 0 N–H and O–H groups in total. The van der Waals surface area contributed by atoms with Gasteiger partial charge in [-0.2, -0.15) is 0 Å². The predicted octanol–water partition coefficient (Wildman–Crippen LogP) is 2.33. The predicted molar refractivity (Wildman–Crippen MR) is 67.7 cm³/mol. The van der Waals surface area contributed by atoms with Crippen LogP contribution in [0.3, 0.4) is 0 Å². The van der Waals surface area contributed by atoms with Crippen molar-refractivity contribution in [1.29, 1.82) is 0 Å². The van der Waals surface area contributed by atoms with Gasteiger partial charge in [0.25, 0.3) is 0 Å². The van der Waals surface area contributed by atoms with E-state index in [2.05, 4.69) is 4.74 Å². The molecule has 17 heavy (non-hydrogen) atoms. The Morgan fingerprint density at radius 2 is 1.94 bits per heavy atom. The Bertz CT molecular complexity index is 482. The Morgan fingerprint density at radius 3 is 2.47 bits per heavy atom. The van der Waals surface area contributed by atoms with Gasteiger partial charge in [0, 0.05) is 5.02 Å². The van der Waals surface area contributed by atoms with Crippen LogP contribution in [0.4, 0.5) is 0 Å². The van der Waals surface area contributed by atoms with Crippen molar-refractivity contribution in [2.24, 2.45) is 0 Å². The lowest BCUT2D eigenvalue weighted by molar-refractivity contribution is -0.139. The van der Waals surface area contributed by atoms with Crippen molar-refractivity contribution in [2.45, 2.75) is 11.8 Å². The Balaban J connectivity index is 2.69. The van der Waals surface area contributed by atoms with Gasteiger partial charge in [0.15, 0.2) is 0 Å². The number of esters is 1. The van der Waals surface area contributed by atoms with Gasteiger partial charge in [-0.25, -0.2) is 8.42 Å². The molecule has 0 bridgehead atoms. The van der Waals surface area contributed by atoms with Crippen molar-refractivity contribution in [3.05, 3.63) is 29.3 Å². The average Bonchev–Trinajstić information content (AvgIpc) is 2.28. The highest BCUT2D eigenvalue weighted by atomic mass is 35.5. The first-order valence-corrected chi connectivity index (χ1v) is 8.12. The van der Waals surface area contributed by atoms with E-state index in [-0.39, 0.29) is 17.3 Å². The van der Waals surface area contributed by atoms with E-state index in [0.29, 0.717) is 15.8 Å². The van der Waals surface area contributed by atoms with Crippen LogP contribution in [0.15, 0.2) is 29.2 Å². The molecule has 0 aliphatic rings. The number of carbonyl (C=O) groups excluding carboxylic acids is 1. The lowest BCUT2D eigenvalue weighted by atomic mass is 10.4. The van der Waals surface area contributed by atoms with Gasteiger partial charge >= 0.3 is 5.97 Å².